The maximum Gasteiger partial charge on any atom is 0.387 e. The third-order valence-corrected chi connectivity index (χ3v) is 3.77. The van der Waals surface area contributed by atoms with Gasteiger partial charge in [-0.1, -0.05) is 35.5 Å². The van der Waals surface area contributed by atoms with Gasteiger partial charge in [0.25, 0.3) is 5.91 Å². The minimum Gasteiger partial charge on any atom is -0.435 e. The van der Waals surface area contributed by atoms with Crippen LogP contribution in [-0.4, -0.2) is 42.6 Å². The smallest absolute Gasteiger partial charge is 0.387 e. The molecule has 8 heteroatoms. The number of hydrogen-bond acceptors (Lipinski definition) is 5. The van der Waals surface area contributed by atoms with Gasteiger partial charge in [0, 0.05) is 6.42 Å². The molecule has 2 aromatic carbocycles. The van der Waals surface area contributed by atoms with Crippen molar-refractivity contribution >= 4 is 17.8 Å². The van der Waals surface area contributed by atoms with Crippen LogP contribution in [0.15, 0.2) is 64.9 Å². The van der Waals surface area contributed by atoms with Gasteiger partial charge < -0.3 is 9.57 Å². The lowest BCUT2D eigenvalue weighted by atomic mass is 10.1. The van der Waals surface area contributed by atoms with Gasteiger partial charge in [-0.05, 0) is 35.4 Å². The standard InChI is InChI=1S/C19H17F2N3O3/c20-19(21)27-16-8-6-14(7-9-16)12-22-26-13-18(25)24-11-10-17(23-24)15-4-2-1-3-5-15/h1-9,12,19H,10-11,13H2/b22-12-. The number of amides is 1. The molecule has 0 saturated heterocycles. The molecule has 0 radical (unpaired) electrons. The van der Waals surface area contributed by atoms with Crippen molar-refractivity contribution < 1.29 is 23.1 Å². The van der Waals surface area contributed by atoms with Crippen LogP contribution in [0, 0.1) is 0 Å². The summed E-state index contributed by atoms with van der Waals surface area (Å²) >= 11 is 0. The molecule has 0 bridgehead atoms. The van der Waals surface area contributed by atoms with Crippen molar-refractivity contribution in [3.8, 4) is 5.75 Å². The quantitative estimate of drug-likeness (QED) is 0.553. The van der Waals surface area contributed by atoms with Crippen LogP contribution in [0.3, 0.4) is 0 Å². The third-order valence-electron chi connectivity index (χ3n) is 3.77. The first-order chi connectivity index (χ1) is 13.1. The molecule has 140 valence electrons. The average molecular weight is 373 g/mol. The molecule has 0 spiro atoms. The first kappa shape index (κ1) is 18.5. The summed E-state index contributed by atoms with van der Waals surface area (Å²) in [6.07, 6.45) is 2.06. The number of oxime groups is 1. The number of nitrogens with zero attached hydrogens (tertiary/aromatic N) is 3. The van der Waals surface area contributed by atoms with E-state index in [1.807, 2.05) is 30.3 Å². The van der Waals surface area contributed by atoms with Crippen LogP contribution in [0.4, 0.5) is 8.78 Å². The third kappa shape index (κ3) is 5.34. The van der Waals surface area contributed by atoms with Crippen molar-refractivity contribution in [2.75, 3.05) is 13.2 Å². The van der Waals surface area contributed by atoms with E-state index in [1.54, 1.807) is 12.1 Å². The summed E-state index contributed by atoms with van der Waals surface area (Å²) in [5, 5.41) is 9.40. The zero-order chi connectivity index (χ0) is 19.1. The summed E-state index contributed by atoms with van der Waals surface area (Å²) in [6, 6.07) is 15.5. The predicted octanol–water partition coefficient (Wildman–Crippen LogP) is 3.28. The van der Waals surface area contributed by atoms with Gasteiger partial charge in [-0.25, -0.2) is 5.01 Å². The number of benzene rings is 2. The number of ether oxygens (including phenoxy) is 1. The number of carbonyl (C=O) groups is 1. The van der Waals surface area contributed by atoms with E-state index in [9.17, 15) is 13.6 Å². The van der Waals surface area contributed by atoms with E-state index in [2.05, 4.69) is 15.0 Å². The molecule has 1 heterocycles. The molecule has 0 fully saturated rings. The second kappa shape index (κ2) is 8.88. The summed E-state index contributed by atoms with van der Waals surface area (Å²) in [4.78, 5) is 17.1. The van der Waals surface area contributed by atoms with E-state index in [0.29, 0.717) is 18.5 Å². The first-order valence-electron chi connectivity index (χ1n) is 8.25. The Morgan fingerprint density at radius 2 is 1.93 bits per heavy atom. The highest BCUT2D eigenvalue weighted by molar-refractivity contribution is 6.02. The molecule has 0 unspecified atom stereocenters. The van der Waals surface area contributed by atoms with Crippen molar-refractivity contribution in [2.24, 2.45) is 10.3 Å². The van der Waals surface area contributed by atoms with E-state index in [4.69, 9.17) is 4.84 Å². The lowest BCUT2D eigenvalue weighted by molar-refractivity contribution is -0.135. The second-order valence-electron chi connectivity index (χ2n) is 5.64. The fourth-order valence-corrected chi connectivity index (χ4v) is 2.47. The highest BCUT2D eigenvalue weighted by atomic mass is 19.3. The monoisotopic (exact) mass is 373 g/mol. The predicted molar refractivity (Wildman–Crippen MR) is 95.9 cm³/mol. The number of hydrazone groups is 1. The van der Waals surface area contributed by atoms with Crippen molar-refractivity contribution in [1.29, 1.82) is 0 Å². The lowest BCUT2D eigenvalue weighted by Gasteiger charge is -2.09. The Morgan fingerprint density at radius 3 is 2.63 bits per heavy atom. The number of halogens is 2. The molecular formula is C19H17F2N3O3. The van der Waals surface area contributed by atoms with Crippen LogP contribution in [0.2, 0.25) is 0 Å². The Hall–Kier alpha value is -3.29. The van der Waals surface area contributed by atoms with Crippen molar-refractivity contribution in [3.63, 3.8) is 0 Å². The van der Waals surface area contributed by atoms with Gasteiger partial charge in [-0.2, -0.15) is 13.9 Å². The Morgan fingerprint density at radius 1 is 1.19 bits per heavy atom. The van der Waals surface area contributed by atoms with E-state index in [1.165, 1.54) is 23.4 Å². The van der Waals surface area contributed by atoms with Crippen molar-refractivity contribution in [1.82, 2.24) is 5.01 Å². The Kier molecular flexibility index (Phi) is 6.09. The van der Waals surface area contributed by atoms with Gasteiger partial charge in [0.15, 0.2) is 6.61 Å². The molecule has 0 N–H and O–H groups in total. The second-order valence-corrected chi connectivity index (χ2v) is 5.64. The minimum atomic E-state index is -2.87. The molecule has 6 nitrogen and oxygen atoms in total. The highest BCUT2D eigenvalue weighted by Crippen LogP contribution is 2.15. The zero-order valence-electron chi connectivity index (χ0n) is 14.3. The summed E-state index contributed by atoms with van der Waals surface area (Å²) in [5.74, 6) is -0.238. The molecule has 3 rings (SSSR count). The van der Waals surface area contributed by atoms with Crippen LogP contribution in [0.5, 0.6) is 5.75 Å². The Balaban J connectivity index is 1.47. The normalized spacial score (nSPS) is 13.9. The molecular weight excluding hydrogens is 356 g/mol. The van der Waals surface area contributed by atoms with Crippen LogP contribution < -0.4 is 4.74 Å². The first-order valence-corrected chi connectivity index (χ1v) is 8.25. The van der Waals surface area contributed by atoms with Crippen LogP contribution in [0.25, 0.3) is 0 Å². The number of hydrogen-bond donors (Lipinski definition) is 0. The van der Waals surface area contributed by atoms with Crippen LogP contribution in [-0.2, 0) is 9.63 Å². The topological polar surface area (TPSA) is 63.5 Å². The van der Waals surface area contributed by atoms with Gasteiger partial charge in [0.2, 0.25) is 0 Å². The van der Waals surface area contributed by atoms with Gasteiger partial charge >= 0.3 is 6.61 Å². The minimum absolute atomic E-state index is 0.0550. The van der Waals surface area contributed by atoms with Gasteiger partial charge in [0.05, 0.1) is 18.5 Å². The summed E-state index contributed by atoms with van der Waals surface area (Å²) in [7, 11) is 0. The number of rotatable bonds is 7. The molecule has 0 atom stereocenters. The molecule has 1 amide bonds. The fraction of sp³-hybridized carbons (Fsp3) is 0.211. The average Bonchev–Trinajstić information content (AvgIpc) is 3.17. The van der Waals surface area contributed by atoms with E-state index in [-0.39, 0.29) is 18.3 Å². The summed E-state index contributed by atoms with van der Waals surface area (Å²) in [6.45, 7) is -2.61. The maximum absolute atomic E-state index is 12.1. The lowest BCUT2D eigenvalue weighted by Crippen LogP contribution is -2.26. The van der Waals surface area contributed by atoms with E-state index >= 15 is 0 Å². The summed E-state index contributed by atoms with van der Waals surface area (Å²) < 4.78 is 28.4. The Bertz CT molecular complexity index is 824. The van der Waals surface area contributed by atoms with Crippen molar-refractivity contribution in [2.45, 2.75) is 13.0 Å². The molecule has 0 saturated carbocycles. The molecule has 1 aliphatic rings. The zero-order valence-corrected chi connectivity index (χ0v) is 14.3. The molecule has 2 aromatic rings. The molecule has 1 aliphatic heterocycles. The Labute approximate surface area is 154 Å². The van der Waals surface area contributed by atoms with Crippen LogP contribution >= 0.6 is 0 Å². The van der Waals surface area contributed by atoms with Crippen LogP contribution in [0.1, 0.15) is 17.5 Å². The van der Waals surface area contributed by atoms with Gasteiger partial charge in [-0.3, -0.25) is 4.79 Å². The largest absolute Gasteiger partial charge is 0.435 e. The number of alkyl halides is 2. The van der Waals surface area contributed by atoms with E-state index in [0.717, 1.165) is 11.3 Å². The SMILES string of the molecule is O=C(CO/N=C\c1ccc(OC(F)F)cc1)N1CCC(c2ccccc2)=N1. The van der Waals surface area contributed by atoms with Gasteiger partial charge in [0.1, 0.15) is 5.75 Å². The highest BCUT2D eigenvalue weighted by Gasteiger charge is 2.21. The fourth-order valence-electron chi connectivity index (χ4n) is 2.47. The number of carbonyl (C=O) groups excluding carboxylic acids is 1. The van der Waals surface area contributed by atoms with Gasteiger partial charge in [-0.15, -0.1) is 0 Å². The summed E-state index contributed by atoms with van der Waals surface area (Å²) in [5.41, 5.74) is 2.47. The maximum atomic E-state index is 12.1. The van der Waals surface area contributed by atoms with E-state index < -0.39 is 6.61 Å². The van der Waals surface area contributed by atoms with Crippen molar-refractivity contribution in [3.05, 3.63) is 65.7 Å². The molecule has 27 heavy (non-hydrogen) atoms. The molecule has 0 aromatic heterocycles. The molecule has 0 aliphatic carbocycles.